The first-order valence-corrected chi connectivity index (χ1v) is 10.0. The van der Waals surface area contributed by atoms with Gasteiger partial charge in [-0.25, -0.2) is 4.79 Å². The molecule has 3 rings (SSSR count). The van der Waals surface area contributed by atoms with Crippen LogP contribution in [0.15, 0.2) is 52.6 Å². The Hall–Kier alpha value is -2.36. The number of carbonyl (C=O) groups is 1. The van der Waals surface area contributed by atoms with Gasteiger partial charge < -0.3 is 10.0 Å². The summed E-state index contributed by atoms with van der Waals surface area (Å²) in [6.07, 6.45) is 6.99. The Morgan fingerprint density at radius 1 is 1.14 bits per heavy atom. The predicted molar refractivity (Wildman–Crippen MR) is 116 cm³/mol. The molecule has 0 radical (unpaired) electrons. The van der Waals surface area contributed by atoms with Crippen LogP contribution in [-0.4, -0.2) is 37.4 Å². The minimum atomic E-state index is -0.897. The van der Waals surface area contributed by atoms with Crippen molar-refractivity contribution >= 4 is 17.4 Å². The Morgan fingerprint density at radius 2 is 1.75 bits per heavy atom. The highest BCUT2D eigenvalue weighted by Gasteiger charge is 2.42. The Labute approximate surface area is 168 Å². The number of nitrogens with zero attached hydrogens (tertiary/aromatic N) is 2. The molecular formula is C24H32N2O2. The summed E-state index contributed by atoms with van der Waals surface area (Å²) in [5.74, 6) is -0.674. The van der Waals surface area contributed by atoms with Crippen LogP contribution in [0.25, 0.3) is 0 Å². The van der Waals surface area contributed by atoms with Gasteiger partial charge in [-0.1, -0.05) is 39.8 Å². The lowest BCUT2D eigenvalue weighted by Gasteiger charge is -2.46. The highest BCUT2D eigenvalue weighted by molar-refractivity contribution is 6.06. The number of aliphatic imine (C=N–C) groups is 1. The SMILES string of the molecule is CN=C1C2=C(C=CC1CN(C)c1ccc(C(=O)O)cc1)C(C)(C)CCC2(C)C. The summed E-state index contributed by atoms with van der Waals surface area (Å²) in [5.41, 5.74) is 5.70. The molecule has 28 heavy (non-hydrogen) atoms. The molecule has 0 aliphatic heterocycles. The Morgan fingerprint density at radius 3 is 2.32 bits per heavy atom. The van der Waals surface area contributed by atoms with Gasteiger partial charge in [0.2, 0.25) is 0 Å². The number of aromatic carboxylic acids is 1. The lowest BCUT2D eigenvalue weighted by Crippen LogP contribution is -2.40. The van der Waals surface area contributed by atoms with Gasteiger partial charge in [0, 0.05) is 38.0 Å². The number of carboxylic acids is 1. The van der Waals surface area contributed by atoms with Crippen LogP contribution < -0.4 is 4.90 Å². The maximum absolute atomic E-state index is 11.1. The van der Waals surface area contributed by atoms with Crippen molar-refractivity contribution in [1.29, 1.82) is 0 Å². The maximum atomic E-state index is 11.1. The summed E-state index contributed by atoms with van der Waals surface area (Å²) in [5, 5.41) is 9.10. The van der Waals surface area contributed by atoms with E-state index in [4.69, 9.17) is 10.1 Å². The summed E-state index contributed by atoms with van der Waals surface area (Å²) >= 11 is 0. The van der Waals surface area contributed by atoms with Gasteiger partial charge >= 0.3 is 5.97 Å². The van der Waals surface area contributed by atoms with Gasteiger partial charge in [0.25, 0.3) is 0 Å². The quantitative estimate of drug-likeness (QED) is 0.779. The van der Waals surface area contributed by atoms with Crippen LogP contribution in [0.3, 0.4) is 0 Å². The molecule has 4 nitrogen and oxygen atoms in total. The Kier molecular flexibility index (Phi) is 5.26. The van der Waals surface area contributed by atoms with E-state index in [0.717, 1.165) is 12.2 Å². The van der Waals surface area contributed by atoms with E-state index in [1.54, 1.807) is 12.1 Å². The highest BCUT2D eigenvalue weighted by atomic mass is 16.4. The van der Waals surface area contributed by atoms with Crippen LogP contribution in [0.4, 0.5) is 5.69 Å². The summed E-state index contributed by atoms with van der Waals surface area (Å²) in [7, 11) is 3.96. The molecular weight excluding hydrogens is 348 g/mol. The molecule has 0 saturated carbocycles. The number of benzene rings is 1. The van der Waals surface area contributed by atoms with Crippen molar-refractivity contribution in [3.05, 3.63) is 53.1 Å². The van der Waals surface area contributed by atoms with Crippen LogP contribution in [0.1, 0.15) is 50.9 Å². The number of allylic oxidation sites excluding steroid dienone is 3. The molecule has 0 heterocycles. The van der Waals surface area contributed by atoms with E-state index in [0.29, 0.717) is 5.56 Å². The van der Waals surface area contributed by atoms with E-state index in [2.05, 4.69) is 51.8 Å². The third-order valence-electron chi connectivity index (χ3n) is 6.42. The van der Waals surface area contributed by atoms with Gasteiger partial charge in [-0.15, -0.1) is 0 Å². The predicted octanol–water partition coefficient (Wildman–Crippen LogP) is 5.22. The highest BCUT2D eigenvalue weighted by Crippen LogP contribution is 2.51. The molecule has 2 aliphatic rings. The van der Waals surface area contributed by atoms with Gasteiger partial charge in [0.15, 0.2) is 0 Å². The van der Waals surface area contributed by atoms with Crippen molar-refractivity contribution in [1.82, 2.24) is 0 Å². The van der Waals surface area contributed by atoms with Crippen LogP contribution in [0.2, 0.25) is 0 Å². The minimum Gasteiger partial charge on any atom is -0.478 e. The van der Waals surface area contributed by atoms with Gasteiger partial charge in [0.1, 0.15) is 0 Å². The molecule has 0 bridgehead atoms. The van der Waals surface area contributed by atoms with E-state index < -0.39 is 5.97 Å². The molecule has 1 unspecified atom stereocenters. The molecule has 0 spiro atoms. The molecule has 1 atom stereocenters. The van der Waals surface area contributed by atoms with Crippen molar-refractivity contribution in [3.63, 3.8) is 0 Å². The fourth-order valence-electron chi connectivity index (χ4n) is 4.55. The zero-order chi connectivity index (χ0) is 20.7. The molecule has 1 N–H and O–H groups in total. The zero-order valence-electron chi connectivity index (χ0n) is 17.9. The van der Waals surface area contributed by atoms with E-state index in [1.165, 1.54) is 29.7 Å². The largest absolute Gasteiger partial charge is 0.478 e. The van der Waals surface area contributed by atoms with Crippen molar-refractivity contribution in [2.24, 2.45) is 21.7 Å². The van der Waals surface area contributed by atoms with Crippen LogP contribution in [0, 0.1) is 16.7 Å². The molecule has 1 aromatic carbocycles. The molecule has 150 valence electrons. The first kappa shape index (κ1) is 20.4. The molecule has 0 saturated heterocycles. The molecule has 1 aromatic rings. The summed E-state index contributed by atoms with van der Waals surface area (Å²) in [4.78, 5) is 18.0. The molecule has 4 heteroatoms. The second kappa shape index (κ2) is 7.23. The number of anilines is 1. The first-order valence-electron chi connectivity index (χ1n) is 10.0. The third kappa shape index (κ3) is 3.65. The van der Waals surface area contributed by atoms with Crippen molar-refractivity contribution in [3.8, 4) is 0 Å². The van der Waals surface area contributed by atoms with Crippen LogP contribution >= 0.6 is 0 Å². The minimum absolute atomic E-state index is 0.129. The van der Waals surface area contributed by atoms with E-state index >= 15 is 0 Å². The van der Waals surface area contributed by atoms with E-state index in [9.17, 15) is 4.79 Å². The Balaban J connectivity index is 1.88. The monoisotopic (exact) mass is 380 g/mol. The van der Waals surface area contributed by atoms with Crippen molar-refractivity contribution < 1.29 is 9.90 Å². The molecule has 0 fully saturated rings. The normalized spacial score (nSPS) is 24.2. The zero-order valence-corrected chi connectivity index (χ0v) is 17.9. The van der Waals surface area contributed by atoms with Crippen LogP contribution in [-0.2, 0) is 0 Å². The Bertz CT molecular complexity index is 857. The summed E-state index contributed by atoms with van der Waals surface area (Å²) in [6.45, 7) is 10.2. The second-order valence-electron chi connectivity index (χ2n) is 9.36. The van der Waals surface area contributed by atoms with Gasteiger partial charge in [-0.2, -0.15) is 0 Å². The van der Waals surface area contributed by atoms with Gasteiger partial charge in [-0.3, -0.25) is 4.99 Å². The average Bonchev–Trinajstić information content (AvgIpc) is 2.65. The average molecular weight is 381 g/mol. The lowest BCUT2D eigenvalue weighted by molar-refractivity contribution is 0.0697. The van der Waals surface area contributed by atoms with Crippen molar-refractivity contribution in [2.75, 3.05) is 25.5 Å². The maximum Gasteiger partial charge on any atom is 0.335 e. The van der Waals surface area contributed by atoms with Crippen molar-refractivity contribution in [2.45, 2.75) is 40.5 Å². The molecule has 0 aromatic heterocycles. The number of hydrogen-bond donors (Lipinski definition) is 1. The molecule has 0 amide bonds. The van der Waals surface area contributed by atoms with Crippen LogP contribution in [0.5, 0.6) is 0 Å². The van der Waals surface area contributed by atoms with Gasteiger partial charge in [-0.05, 0) is 59.1 Å². The number of rotatable bonds is 4. The summed E-state index contributed by atoms with van der Waals surface area (Å²) in [6, 6.07) is 7.06. The smallest absolute Gasteiger partial charge is 0.335 e. The first-order chi connectivity index (χ1) is 13.1. The standard InChI is InChI=1S/C24H32N2O2/c1-23(2)13-14-24(3,4)20-19(23)12-9-17(21(20)25-5)15-26(6)18-10-7-16(8-11-18)22(27)28/h7-12,17H,13-15H2,1-6H3,(H,27,28). The lowest BCUT2D eigenvalue weighted by atomic mass is 9.59. The topological polar surface area (TPSA) is 52.9 Å². The van der Waals surface area contributed by atoms with E-state index in [1.807, 2.05) is 19.2 Å². The molecule has 2 aliphatic carbocycles. The fourth-order valence-corrected chi connectivity index (χ4v) is 4.55. The van der Waals surface area contributed by atoms with E-state index in [-0.39, 0.29) is 16.7 Å². The fraction of sp³-hybridized carbons (Fsp3) is 0.500. The number of carboxylic acid groups (broad SMARTS) is 1. The summed E-state index contributed by atoms with van der Waals surface area (Å²) < 4.78 is 0. The van der Waals surface area contributed by atoms with Gasteiger partial charge in [0.05, 0.1) is 5.56 Å². The third-order valence-corrected chi connectivity index (χ3v) is 6.42. The number of hydrogen-bond acceptors (Lipinski definition) is 3. The second-order valence-corrected chi connectivity index (χ2v) is 9.36.